The molecule has 0 N–H and O–H groups in total. The number of rotatable bonds is 2. The molecule has 3 heterocycles. The first kappa shape index (κ1) is 16.7. The molecule has 0 atom stereocenters. The van der Waals surface area contributed by atoms with E-state index in [0.717, 1.165) is 34.5 Å². The summed E-state index contributed by atoms with van der Waals surface area (Å²) in [6, 6.07) is 13.8. The van der Waals surface area contributed by atoms with E-state index >= 15 is 0 Å². The fraction of sp³-hybridized carbons (Fsp3) is 0.238. The number of hydrogen-bond acceptors (Lipinski definition) is 4. The molecule has 0 unspecified atom stereocenters. The van der Waals surface area contributed by atoms with Crippen LogP contribution in [-0.2, 0) is 26.1 Å². The molecule has 2 aliphatic heterocycles. The van der Waals surface area contributed by atoms with Gasteiger partial charge in [0.05, 0.1) is 0 Å². The van der Waals surface area contributed by atoms with Crippen LogP contribution in [0.3, 0.4) is 0 Å². The lowest BCUT2D eigenvalue weighted by Gasteiger charge is -2.30. The molecule has 136 valence electrons. The van der Waals surface area contributed by atoms with Gasteiger partial charge in [0.2, 0.25) is 5.95 Å². The minimum Gasteiger partial charge on any atom is -0.348 e. The van der Waals surface area contributed by atoms with Gasteiger partial charge in [0.1, 0.15) is 11.6 Å². The van der Waals surface area contributed by atoms with Crippen LogP contribution in [0.1, 0.15) is 22.3 Å². The second-order valence-corrected chi connectivity index (χ2v) is 7.85. The van der Waals surface area contributed by atoms with Crippen molar-refractivity contribution in [3.8, 4) is 0 Å². The fourth-order valence-electron chi connectivity index (χ4n) is 3.93. The number of aromatic nitrogens is 2. The van der Waals surface area contributed by atoms with E-state index in [1.54, 1.807) is 6.07 Å². The Bertz CT molecular complexity index is 998. The first-order valence-electron chi connectivity index (χ1n) is 9.04. The first-order valence-corrected chi connectivity index (χ1v) is 9.84. The highest BCUT2D eigenvalue weighted by atomic mass is 79.9. The van der Waals surface area contributed by atoms with Crippen molar-refractivity contribution >= 4 is 27.7 Å². The van der Waals surface area contributed by atoms with Gasteiger partial charge in [0.15, 0.2) is 0 Å². The van der Waals surface area contributed by atoms with Crippen LogP contribution in [0.15, 0.2) is 53.1 Å². The Kier molecular flexibility index (Phi) is 4.08. The third-order valence-corrected chi connectivity index (χ3v) is 6.12. The number of fused-ring (bicyclic) bond motifs is 2. The molecular formula is C21H18BrFN4. The summed E-state index contributed by atoms with van der Waals surface area (Å²) in [4.78, 5) is 13.7. The maximum Gasteiger partial charge on any atom is 0.227 e. The predicted octanol–water partition coefficient (Wildman–Crippen LogP) is 4.46. The number of hydrogen-bond donors (Lipinski definition) is 0. The Hall–Kier alpha value is -2.47. The van der Waals surface area contributed by atoms with Crippen molar-refractivity contribution in [1.82, 2.24) is 9.97 Å². The number of nitrogens with zero attached hydrogens (tertiary/aromatic N) is 4. The zero-order chi connectivity index (χ0) is 18.4. The number of benzene rings is 2. The van der Waals surface area contributed by atoms with Gasteiger partial charge < -0.3 is 9.80 Å². The summed E-state index contributed by atoms with van der Waals surface area (Å²) in [5.41, 5.74) is 4.49. The predicted molar refractivity (Wildman–Crippen MR) is 107 cm³/mol. The molecule has 3 aromatic rings. The van der Waals surface area contributed by atoms with Crippen molar-refractivity contribution in [2.75, 3.05) is 16.3 Å². The minimum absolute atomic E-state index is 0.127. The highest BCUT2D eigenvalue weighted by Crippen LogP contribution is 2.31. The highest BCUT2D eigenvalue weighted by Gasteiger charge is 2.25. The maximum absolute atomic E-state index is 14.1. The molecule has 0 radical (unpaired) electrons. The molecule has 5 rings (SSSR count). The summed E-state index contributed by atoms with van der Waals surface area (Å²) in [5, 5.41) is 0. The summed E-state index contributed by atoms with van der Waals surface area (Å²) in [6.07, 6.45) is 2.47. The zero-order valence-corrected chi connectivity index (χ0v) is 16.3. The standard InChI is InChI=1S/C21H18BrFN4/c22-18-5-6-19(23)16-8-10-26(13-17(16)18)21-24-9-7-20(25-21)27-11-14-3-1-2-4-15(14)12-27/h1-7,9H,8,10-13H2. The van der Waals surface area contributed by atoms with Gasteiger partial charge >= 0.3 is 0 Å². The summed E-state index contributed by atoms with van der Waals surface area (Å²) >= 11 is 3.56. The maximum atomic E-state index is 14.1. The molecule has 0 aliphatic carbocycles. The Balaban J connectivity index is 1.41. The normalized spacial score (nSPS) is 15.6. The van der Waals surface area contributed by atoms with Crippen molar-refractivity contribution < 1.29 is 4.39 Å². The molecule has 0 bridgehead atoms. The topological polar surface area (TPSA) is 32.3 Å². The van der Waals surface area contributed by atoms with Gasteiger partial charge in [-0.1, -0.05) is 40.2 Å². The summed E-state index contributed by atoms with van der Waals surface area (Å²) in [5.74, 6) is 1.50. The molecule has 27 heavy (non-hydrogen) atoms. The van der Waals surface area contributed by atoms with Crippen LogP contribution in [0.5, 0.6) is 0 Å². The van der Waals surface area contributed by atoms with Crippen LogP contribution in [0.4, 0.5) is 16.2 Å². The summed E-state index contributed by atoms with van der Waals surface area (Å²) in [6.45, 7) is 3.06. The molecule has 0 amide bonds. The largest absolute Gasteiger partial charge is 0.348 e. The molecule has 1 aromatic heterocycles. The van der Waals surface area contributed by atoms with Gasteiger partial charge in [0.25, 0.3) is 0 Å². The van der Waals surface area contributed by atoms with E-state index in [1.165, 1.54) is 17.2 Å². The SMILES string of the molecule is Fc1ccc(Br)c2c1CCN(c1nccc(N3Cc4ccccc4C3)n1)C2. The fourth-order valence-corrected chi connectivity index (χ4v) is 4.42. The van der Waals surface area contributed by atoms with Gasteiger partial charge in [-0.05, 0) is 46.9 Å². The highest BCUT2D eigenvalue weighted by molar-refractivity contribution is 9.10. The first-order chi connectivity index (χ1) is 13.2. The Labute approximate surface area is 165 Å². The van der Waals surface area contributed by atoms with Crippen LogP contribution >= 0.6 is 15.9 Å². The Morgan fingerprint density at radius 1 is 0.889 bits per heavy atom. The molecule has 0 spiro atoms. The van der Waals surface area contributed by atoms with Gasteiger partial charge in [-0.2, -0.15) is 4.98 Å². The van der Waals surface area contributed by atoms with Gasteiger partial charge in [-0.25, -0.2) is 9.37 Å². The smallest absolute Gasteiger partial charge is 0.227 e. The second-order valence-electron chi connectivity index (χ2n) is 7.00. The Morgan fingerprint density at radius 2 is 1.67 bits per heavy atom. The molecular weight excluding hydrogens is 407 g/mol. The van der Waals surface area contributed by atoms with E-state index in [2.05, 4.69) is 55.0 Å². The van der Waals surface area contributed by atoms with Crippen LogP contribution < -0.4 is 9.80 Å². The average Bonchev–Trinajstić information content (AvgIpc) is 3.15. The van der Waals surface area contributed by atoms with Gasteiger partial charge in [0, 0.05) is 36.8 Å². The lowest BCUT2D eigenvalue weighted by atomic mass is 9.99. The third-order valence-electron chi connectivity index (χ3n) is 5.37. The van der Waals surface area contributed by atoms with E-state index < -0.39 is 0 Å². The molecule has 2 aliphatic rings. The zero-order valence-electron chi connectivity index (χ0n) is 14.7. The van der Waals surface area contributed by atoms with Crippen LogP contribution in [0, 0.1) is 5.82 Å². The van der Waals surface area contributed by atoms with Crippen LogP contribution in [0.2, 0.25) is 0 Å². The van der Waals surface area contributed by atoms with Crippen LogP contribution in [-0.4, -0.2) is 16.5 Å². The van der Waals surface area contributed by atoms with E-state index in [0.29, 0.717) is 25.5 Å². The monoisotopic (exact) mass is 424 g/mol. The molecule has 2 aromatic carbocycles. The van der Waals surface area contributed by atoms with Crippen molar-refractivity contribution in [2.24, 2.45) is 0 Å². The third kappa shape index (κ3) is 2.98. The van der Waals surface area contributed by atoms with E-state index in [1.807, 2.05) is 12.3 Å². The lowest BCUT2D eigenvalue weighted by molar-refractivity contribution is 0.586. The van der Waals surface area contributed by atoms with Crippen molar-refractivity contribution in [1.29, 1.82) is 0 Å². The second kappa shape index (κ2) is 6.60. The van der Waals surface area contributed by atoms with E-state index in [9.17, 15) is 4.39 Å². The van der Waals surface area contributed by atoms with Gasteiger partial charge in [-0.3, -0.25) is 0 Å². The van der Waals surface area contributed by atoms with Crippen molar-refractivity contribution in [3.63, 3.8) is 0 Å². The summed E-state index contributed by atoms with van der Waals surface area (Å²) in [7, 11) is 0. The molecule has 6 heteroatoms. The van der Waals surface area contributed by atoms with Gasteiger partial charge in [-0.15, -0.1) is 0 Å². The number of anilines is 2. The molecule has 4 nitrogen and oxygen atoms in total. The average molecular weight is 425 g/mol. The number of halogens is 2. The molecule has 0 saturated heterocycles. The van der Waals surface area contributed by atoms with E-state index in [-0.39, 0.29) is 5.82 Å². The van der Waals surface area contributed by atoms with Crippen molar-refractivity contribution in [3.05, 3.63) is 81.2 Å². The molecule has 0 fully saturated rings. The summed E-state index contributed by atoms with van der Waals surface area (Å²) < 4.78 is 15.0. The minimum atomic E-state index is -0.127. The van der Waals surface area contributed by atoms with Crippen LogP contribution in [0.25, 0.3) is 0 Å². The quantitative estimate of drug-likeness (QED) is 0.607. The molecule has 0 saturated carbocycles. The Morgan fingerprint density at radius 3 is 2.44 bits per heavy atom. The van der Waals surface area contributed by atoms with Crippen molar-refractivity contribution in [2.45, 2.75) is 26.1 Å². The lowest BCUT2D eigenvalue weighted by Crippen LogP contribution is -2.33. The van der Waals surface area contributed by atoms with E-state index in [4.69, 9.17) is 4.98 Å².